The van der Waals surface area contributed by atoms with E-state index in [0.717, 1.165) is 31.6 Å². The summed E-state index contributed by atoms with van der Waals surface area (Å²) in [6.45, 7) is 5.49. The van der Waals surface area contributed by atoms with E-state index < -0.39 is 0 Å². The van der Waals surface area contributed by atoms with Crippen molar-refractivity contribution >= 4 is 5.91 Å². The Hall–Kier alpha value is -1.39. The molecule has 21 heavy (non-hydrogen) atoms. The molecule has 1 saturated heterocycles. The molecule has 0 bridgehead atoms. The summed E-state index contributed by atoms with van der Waals surface area (Å²) in [7, 11) is 0. The Morgan fingerprint density at radius 3 is 2.86 bits per heavy atom. The van der Waals surface area contributed by atoms with E-state index in [1.54, 1.807) is 0 Å². The van der Waals surface area contributed by atoms with Gasteiger partial charge in [-0.1, -0.05) is 30.3 Å². The lowest BCUT2D eigenvalue weighted by molar-refractivity contribution is -0.134. The van der Waals surface area contributed by atoms with Crippen molar-refractivity contribution in [2.24, 2.45) is 0 Å². The number of benzene rings is 1. The van der Waals surface area contributed by atoms with Gasteiger partial charge in [0.05, 0.1) is 25.7 Å². The molecule has 0 N–H and O–H groups in total. The first-order valence-electron chi connectivity index (χ1n) is 7.80. The Morgan fingerprint density at radius 2 is 2.10 bits per heavy atom. The highest BCUT2D eigenvalue weighted by molar-refractivity contribution is 5.78. The first-order valence-corrected chi connectivity index (χ1v) is 7.80. The Balaban J connectivity index is 1.76. The van der Waals surface area contributed by atoms with Gasteiger partial charge in [0.2, 0.25) is 5.91 Å². The number of ether oxygens (including phenoxy) is 2. The number of hydrogen-bond acceptors (Lipinski definition) is 3. The molecule has 4 nitrogen and oxygen atoms in total. The topological polar surface area (TPSA) is 38.8 Å². The average Bonchev–Trinajstić information content (AvgIpc) is 2.53. The van der Waals surface area contributed by atoms with E-state index in [4.69, 9.17) is 9.47 Å². The molecule has 0 radical (unpaired) electrons. The van der Waals surface area contributed by atoms with E-state index >= 15 is 0 Å². The van der Waals surface area contributed by atoms with Gasteiger partial charge in [0.1, 0.15) is 0 Å². The zero-order valence-electron chi connectivity index (χ0n) is 12.8. The number of piperidine rings is 1. The van der Waals surface area contributed by atoms with Crippen LogP contribution in [0.5, 0.6) is 0 Å². The maximum Gasteiger partial charge on any atom is 0.227 e. The van der Waals surface area contributed by atoms with Gasteiger partial charge in [-0.15, -0.1) is 0 Å². The molecule has 1 heterocycles. The van der Waals surface area contributed by atoms with E-state index in [2.05, 4.69) is 0 Å². The lowest BCUT2D eigenvalue weighted by Crippen LogP contribution is -2.44. The van der Waals surface area contributed by atoms with Crippen LogP contribution in [0, 0.1) is 0 Å². The van der Waals surface area contributed by atoms with Crippen molar-refractivity contribution in [1.29, 1.82) is 0 Å². The molecule has 4 heteroatoms. The van der Waals surface area contributed by atoms with Crippen molar-refractivity contribution in [1.82, 2.24) is 4.90 Å². The van der Waals surface area contributed by atoms with Crippen LogP contribution in [0.2, 0.25) is 0 Å². The van der Waals surface area contributed by atoms with Gasteiger partial charge in [0.25, 0.3) is 0 Å². The highest BCUT2D eigenvalue weighted by Crippen LogP contribution is 2.15. The van der Waals surface area contributed by atoms with Crippen molar-refractivity contribution in [3.05, 3.63) is 35.9 Å². The van der Waals surface area contributed by atoms with Crippen molar-refractivity contribution < 1.29 is 14.3 Å². The van der Waals surface area contributed by atoms with Gasteiger partial charge in [0.15, 0.2) is 0 Å². The van der Waals surface area contributed by atoms with Crippen LogP contribution >= 0.6 is 0 Å². The van der Waals surface area contributed by atoms with Gasteiger partial charge >= 0.3 is 0 Å². The van der Waals surface area contributed by atoms with Crippen LogP contribution in [0.25, 0.3) is 0 Å². The van der Waals surface area contributed by atoms with Crippen LogP contribution in [-0.4, -0.2) is 49.8 Å². The molecule has 0 aliphatic carbocycles. The Bertz CT molecular complexity index is 421. The normalized spacial score (nSPS) is 18.7. The predicted molar refractivity (Wildman–Crippen MR) is 82.2 cm³/mol. The van der Waals surface area contributed by atoms with Crippen molar-refractivity contribution in [2.45, 2.75) is 32.3 Å². The van der Waals surface area contributed by atoms with E-state index in [1.165, 1.54) is 0 Å². The van der Waals surface area contributed by atoms with E-state index in [-0.39, 0.29) is 12.0 Å². The molecular formula is C17H25NO3. The minimum atomic E-state index is 0.152. The molecule has 2 rings (SSSR count). The molecule has 116 valence electrons. The highest BCUT2D eigenvalue weighted by atomic mass is 16.5. The number of carbonyl (C=O) groups is 1. The summed E-state index contributed by atoms with van der Waals surface area (Å²) in [6.07, 6.45) is 2.67. The summed E-state index contributed by atoms with van der Waals surface area (Å²) in [5, 5.41) is 0. The zero-order valence-corrected chi connectivity index (χ0v) is 12.8. The van der Waals surface area contributed by atoms with Gasteiger partial charge in [-0.3, -0.25) is 4.79 Å². The number of hydrogen-bond donors (Lipinski definition) is 0. The van der Waals surface area contributed by atoms with Crippen LogP contribution < -0.4 is 0 Å². The second-order valence-corrected chi connectivity index (χ2v) is 5.33. The predicted octanol–water partition coefficient (Wildman–Crippen LogP) is 2.27. The number of carbonyl (C=O) groups excluding carboxylic acids is 1. The highest BCUT2D eigenvalue weighted by Gasteiger charge is 2.23. The average molecular weight is 291 g/mol. The van der Waals surface area contributed by atoms with Gasteiger partial charge in [-0.05, 0) is 25.3 Å². The molecule has 0 aromatic heterocycles. The van der Waals surface area contributed by atoms with E-state index in [9.17, 15) is 4.79 Å². The summed E-state index contributed by atoms with van der Waals surface area (Å²) < 4.78 is 11.1. The molecular weight excluding hydrogens is 266 g/mol. The molecule has 1 unspecified atom stereocenters. The lowest BCUT2D eigenvalue weighted by atomic mass is 10.1. The number of likely N-dealkylation sites (tertiary alicyclic amines) is 1. The summed E-state index contributed by atoms with van der Waals surface area (Å²) in [6, 6.07) is 9.91. The molecule has 1 aromatic rings. The summed E-state index contributed by atoms with van der Waals surface area (Å²) in [5.41, 5.74) is 1.07. The molecule has 1 atom stereocenters. The number of nitrogens with zero attached hydrogens (tertiary/aromatic N) is 1. The quantitative estimate of drug-likeness (QED) is 0.723. The summed E-state index contributed by atoms with van der Waals surface area (Å²) in [4.78, 5) is 14.3. The zero-order chi connectivity index (χ0) is 14.9. The molecule has 0 spiro atoms. The maximum atomic E-state index is 12.3. The van der Waals surface area contributed by atoms with Crippen LogP contribution in [0.3, 0.4) is 0 Å². The fraction of sp³-hybridized carbons (Fsp3) is 0.588. The lowest BCUT2D eigenvalue weighted by Gasteiger charge is -2.32. The van der Waals surface area contributed by atoms with Crippen LogP contribution in [0.1, 0.15) is 25.3 Å². The number of amides is 1. The molecule has 1 amide bonds. The van der Waals surface area contributed by atoms with Crippen molar-refractivity contribution in [3.8, 4) is 0 Å². The Labute approximate surface area is 127 Å². The monoisotopic (exact) mass is 291 g/mol. The third kappa shape index (κ3) is 5.48. The summed E-state index contributed by atoms with van der Waals surface area (Å²) in [5.74, 6) is 0.194. The Kier molecular flexibility index (Phi) is 6.70. The summed E-state index contributed by atoms with van der Waals surface area (Å²) >= 11 is 0. The SMILES string of the molecule is CCOCCOC1CCCN(C(=O)Cc2ccccc2)C1. The fourth-order valence-electron chi connectivity index (χ4n) is 2.60. The minimum absolute atomic E-state index is 0.152. The second-order valence-electron chi connectivity index (χ2n) is 5.33. The molecule has 1 aromatic carbocycles. The largest absolute Gasteiger partial charge is 0.379 e. The van der Waals surface area contributed by atoms with Crippen LogP contribution in [0.15, 0.2) is 30.3 Å². The third-order valence-corrected chi connectivity index (χ3v) is 3.71. The van der Waals surface area contributed by atoms with Crippen LogP contribution in [0.4, 0.5) is 0 Å². The van der Waals surface area contributed by atoms with E-state index in [1.807, 2.05) is 42.2 Å². The van der Waals surface area contributed by atoms with Gasteiger partial charge < -0.3 is 14.4 Å². The number of rotatable bonds is 7. The van der Waals surface area contributed by atoms with Crippen molar-refractivity contribution in [2.75, 3.05) is 32.9 Å². The molecule has 1 aliphatic heterocycles. The maximum absolute atomic E-state index is 12.3. The fourth-order valence-corrected chi connectivity index (χ4v) is 2.60. The standard InChI is InChI=1S/C17H25NO3/c1-2-20-11-12-21-16-9-6-10-18(14-16)17(19)13-15-7-4-3-5-8-15/h3-5,7-8,16H,2,6,9-14H2,1H3. The molecule has 0 saturated carbocycles. The van der Waals surface area contributed by atoms with Crippen LogP contribution in [-0.2, 0) is 20.7 Å². The first kappa shape index (κ1) is 16.0. The van der Waals surface area contributed by atoms with Gasteiger partial charge in [-0.25, -0.2) is 0 Å². The molecule has 1 aliphatic rings. The van der Waals surface area contributed by atoms with E-state index in [0.29, 0.717) is 26.2 Å². The van der Waals surface area contributed by atoms with Gasteiger partial charge in [-0.2, -0.15) is 0 Å². The second kappa shape index (κ2) is 8.80. The smallest absolute Gasteiger partial charge is 0.227 e. The van der Waals surface area contributed by atoms with Crippen molar-refractivity contribution in [3.63, 3.8) is 0 Å². The minimum Gasteiger partial charge on any atom is -0.379 e. The molecule has 1 fully saturated rings. The first-order chi connectivity index (χ1) is 10.3. The van der Waals surface area contributed by atoms with Gasteiger partial charge in [0, 0.05) is 19.7 Å². The third-order valence-electron chi connectivity index (χ3n) is 3.71. The Morgan fingerprint density at radius 1 is 1.29 bits per heavy atom.